The number of carboxylic acid groups (broad SMARTS) is 1. The van der Waals surface area contributed by atoms with E-state index in [9.17, 15) is 13.6 Å². The number of benzene rings is 2. The van der Waals surface area contributed by atoms with Crippen LogP contribution in [0.1, 0.15) is 54.4 Å². The molecular weight excluding hydrogens is 589 g/mol. The number of halogens is 5. The maximum absolute atomic E-state index is 14.7. The van der Waals surface area contributed by atoms with Gasteiger partial charge in [0.25, 0.3) is 0 Å². The zero-order chi connectivity index (χ0) is 28.9. The van der Waals surface area contributed by atoms with E-state index in [0.717, 1.165) is 17.3 Å². The summed E-state index contributed by atoms with van der Waals surface area (Å²) in [5.74, 6) is -2.32. The number of methoxy groups -OCH3 is 1. The number of carboxylic acids is 1. The summed E-state index contributed by atoms with van der Waals surface area (Å²) < 4.78 is 36.4. The smallest absolute Gasteiger partial charge is 0.335 e. The van der Waals surface area contributed by atoms with Crippen molar-refractivity contribution in [3.8, 4) is 0 Å². The Morgan fingerprint density at radius 2 is 1.87 bits per heavy atom. The van der Waals surface area contributed by atoms with Gasteiger partial charge in [0, 0.05) is 34.0 Å². The first kappa shape index (κ1) is 31.0. The molecule has 5 nitrogen and oxygen atoms in total. The molecule has 0 amide bonds. The molecule has 0 aliphatic rings. The second kappa shape index (κ2) is 13.2. The number of carbonyl (C=O) groups is 1. The van der Waals surface area contributed by atoms with Crippen molar-refractivity contribution in [1.29, 1.82) is 0 Å². The number of rotatable bonds is 11. The zero-order valence-corrected chi connectivity index (χ0v) is 24.8. The van der Waals surface area contributed by atoms with Crippen LogP contribution in [0.25, 0.3) is 0 Å². The Kier molecular flexibility index (Phi) is 10.5. The fourth-order valence-electron chi connectivity index (χ4n) is 3.92. The number of imidazole rings is 1. The molecule has 1 N–H and O–H groups in total. The van der Waals surface area contributed by atoms with Crippen LogP contribution < -0.4 is 0 Å². The van der Waals surface area contributed by atoms with E-state index in [2.05, 4.69) is 4.98 Å². The molecule has 0 spiro atoms. The molecule has 0 saturated heterocycles. The quantitative estimate of drug-likeness (QED) is 0.132. The van der Waals surface area contributed by atoms with Crippen LogP contribution in [0.15, 0.2) is 65.4 Å². The van der Waals surface area contributed by atoms with Gasteiger partial charge in [-0.2, -0.15) is 0 Å². The predicted molar refractivity (Wildman–Crippen MR) is 153 cm³/mol. The van der Waals surface area contributed by atoms with Crippen LogP contribution >= 0.6 is 46.6 Å². The number of aromatic carboxylic acids is 1. The van der Waals surface area contributed by atoms with E-state index in [1.54, 1.807) is 24.4 Å². The fourth-order valence-corrected chi connectivity index (χ4v) is 5.59. The van der Waals surface area contributed by atoms with Crippen molar-refractivity contribution in [3.63, 3.8) is 0 Å². The summed E-state index contributed by atoms with van der Waals surface area (Å²) in [7, 11) is 1.39. The molecule has 0 aliphatic heterocycles. The predicted octanol–water partition coefficient (Wildman–Crippen LogP) is 9.09. The van der Waals surface area contributed by atoms with Gasteiger partial charge in [-0.3, -0.25) is 0 Å². The minimum Gasteiger partial charge on any atom is -0.494 e. The highest BCUT2D eigenvalue weighted by Gasteiger charge is 2.29. The van der Waals surface area contributed by atoms with Gasteiger partial charge >= 0.3 is 5.97 Å². The maximum Gasteiger partial charge on any atom is 0.335 e. The Morgan fingerprint density at radius 1 is 1.15 bits per heavy atom. The fraction of sp³-hybridized carbons (Fsp3) is 0.286. The lowest BCUT2D eigenvalue weighted by atomic mass is 9.81. The molecule has 0 fully saturated rings. The number of nitrogens with zero attached hydrogens (tertiary/aromatic N) is 2. The SMILES string of the molecule is CC/C=C(F)\C(=C/Cn1c(C(C)(C)c2ccc(Cl)c(Cl)c2)cnc1SCc1c(F)cc(C(=O)O)cc1Cl)OC. The van der Waals surface area contributed by atoms with Crippen molar-refractivity contribution in [3.05, 3.63) is 104 Å². The van der Waals surface area contributed by atoms with Crippen molar-refractivity contribution in [2.24, 2.45) is 0 Å². The lowest BCUT2D eigenvalue weighted by molar-refractivity contribution is 0.0696. The molecular formula is C28H27Cl3F2N2O3S. The molecule has 0 unspecified atom stereocenters. The molecule has 208 valence electrons. The largest absolute Gasteiger partial charge is 0.494 e. The summed E-state index contributed by atoms with van der Waals surface area (Å²) in [6.45, 7) is 6.01. The minimum absolute atomic E-state index is 0.00250. The van der Waals surface area contributed by atoms with Crippen LogP contribution in [-0.2, 0) is 22.4 Å². The summed E-state index contributed by atoms with van der Waals surface area (Å²) in [5.41, 5.74) is 0.961. The number of hydrogen-bond donors (Lipinski definition) is 1. The first-order chi connectivity index (χ1) is 18.4. The highest BCUT2D eigenvalue weighted by molar-refractivity contribution is 7.98. The molecule has 0 bridgehead atoms. The van der Waals surface area contributed by atoms with E-state index in [1.807, 2.05) is 31.4 Å². The highest BCUT2D eigenvalue weighted by atomic mass is 35.5. The monoisotopic (exact) mass is 614 g/mol. The second-order valence-corrected chi connectivity index (χ2v) is 11.2. The highest BCUT2D eigenvalue weighted by Crippen LogP contribution is 2.38. The van der Waals surface area contributed by atoms with Crippen molar-refractivity contribution >= 4 is 52.5 Å². The third-order valence-corrected chi connectivity index (χ3v) is 8.23. The number of aromatic nitrogens is 2. The minimum atomic E-state index is -1.27. The van der Waals surface area contributed by atoms with Crippen molar-refractivity contribution < 1.29 is 23.4 Å². The molecule has 3 rings (SSSR count). The maximum atomic E-state index is 14.7. The van der Waals surface area contributed by atoms with E-state index in [4.69, 9.17) is 44.6 Å². The molecule has 1 aromatic heterocycles. The standard InChI is InChI=1S/C28H27Cl3F2N2O3S/c1-5-6-22(32)24(38-4)9-10-35-25(28(2,3)17-7-8-19(29)21(31)13-17)14-34-27(35)39-15-18-20(30)11-16(26(36)37)12-23(18)33/h6-9,11-14H,5,10,15H2,1-4H3,(H,36,37)/b22-6+,24-9+. The first-order valence-electron chi connectivity index (χ1n) is 11.9. The van der Waals surface area contributed by atoms with Crippen molar-refractivity contribution in [2.45, 2.75) is 50.1 Å². The van der Waals surface area contributed by atoms with Crippen LogP contribution in [0.2, 0.25) is 15.1 Å². The molecule has 0 saturated carbocycles. The lowest BCUT2D eigenvalue weighted by Crippen LogP contribution is -2.23. The number of ether oxygens (including phenoxy) is 1. The third kappa shape index (κ3) is 7.17. The van der Waals surface area contributed by atoms with Gasteiger partial charge in [0.05, 0.1) is 28.9 Å². The molecule has 2 aromatic carbocycles. The van der Waals surface area contributed by atoms with Crippen LogP contribution in [0.4, 0.5) is 8.78 Å². The average molecular weight is 616 g/mol. The Bertz CT molecular complexity index is 1410. The lowest BCUT2D eigenvalue weighted by Gasteiger charge is -2.27. The molecule has 11 heteroatoms. The second-order valence-electron chi connectivity index (χ2n) is 9.04. The van der Waals surface area contributed by atoms with Gasteiger partial charge in [-0.05, 0) is 48.4 Å². The van der Waals surface area contributed by atoms with Gasteiger partial charge in [0.1, 0.15) is 5.82 Å². The molecule has 3 aromatic rings. The third-order valence-electron chi connectivity index (χ3n) is 6.13. The number of thioether (sulfide) groups is 1. The van der Waals surface area contributed by atoms with E-state index in [1.165, 1.54) is 31.0 Å². The molecule has 39 heavy (non-hydrogen) atoms. The summed E-state index contributed by atoms with van der Waals surface area (Å²) in [6.07, 6.45) is 5.23. The molecule has 1 heterocycles. The van der Waals surface area contributed by atoms with E-state index >= 15 is 0 Å². The van der Waals surface area contributed by atoms with E-state index < -0.39 is 23.0 Å². The van der Waals surface area contributed by atoms with Gasteiger partial charge in [0.2, 0.25) is 0 Å². The summed E-state index contributed by atoms with van der Waals surface area (Å²) in [6, 6.07) is 7.53. The summed E-state index contributed by atoms with van der Waals surface area (Å²) >= 11 is 19.9. The van der Waals surface area contributed by atoms with E-state index in [0.29, 0.717) is 21.6 Å². The van der Waals surface area contributed by atoms with Crippen LogP contribution in [-0.4, -0.2) is 27.7 Å². The Hall–Kier alpha value is -2.52. The van der Waals surface area contributed by atoms with Gasteiger partial charge in [0.15, 0.2) is 16.7 Å². The zero-order valence-electron chi connectivity index (χ0n) is 21.7. The van der Waals surface area contributed by atoms with Crippen LogP contribution in [0.5, 0.6) is 0 Å². The first-order valence-corrected chi connectivity index (χ1v) is 14.0. The van der Waals surface area contributed by atoms with Gasteiger partial charge in [-0.1, -0.05) is 73.4 Å². The van der Waals surface area contributed by atoms with E-state index in [-0.39, 0.29) is 34.2 Å². The Morgan fingerprint density at radius 3 is 2.46 bits per heavy atom. The molecule has 0 radical (unpaired) electrons. The number of allylic oxidation sites excluding steroid dienone is 3. The van der Waals surface area contributed by atoms with Gasteiger partial charge in [-0.15, -0.1) is 0 Å². The Balaban J connectivity index is 2.05. The normalized spacial score (nSPS) is 12.6. The van der Waals surface area contributed by atoms with Gasteiger partial charge < -0.3 is 14.4 Å². The van der Waals surface area contributed by atoms with Crippen molar-refractivity contribution in [2.75, 3.05) is 7.11 Å². The summed E-state index contributed by atoms with van der Waals surface area (Å²) in [5, 5.41) is 10.5. The van der Waals surface area contributed by atoms with Crippen molar-refractivity contribution in [1.82, 2.24) is 9.55 Å². The summed E-state index contributed by atoms with van der Waals surface area (Å²) in [4.78, 5) is 15.8. The Labute approximate surface area is 245 Å². The average Bonchev–Trinajstić information content (AvgIpc) is 3.29. The van der Waals surface area contributed by atoms with Crippen LogP contribution in [0.3, 0.4) is 0 Å². The van der Waals surface area contributed by atoms with Crippen LogP contribution in [0, 0.1) is 5.82 Å². The number of hydrogen-bond acceptors (Lipinski definition) is 4. The topological polar surface area (TPSA) is 64.4 Å². The van der Waals surface area contributed by atoms with Gasteiger partial charge in [-0.25, -0.2) is 18.6 Å². The molecule has 0 aliphatic carbocycles. The molecule has 0 atom stereocenters.